The molecule has 2 nitrogen and oxygen atoms in total. The molecular formula is C10H11F2NO. The summed E-state index contributed by atoms with van der Waals surface area (Å²) in [4.78, 5) is 0. The molecule has 0 spiro atoms. The maximum atomic E-state index is 13.2. The first-order chi connectivity index (χ1) is 6.52. The second-order valence-corrected chi connectivity index (χ2v) is 3.83. The zero-order chi connectivity index (χ0) is 10.3. The molecule has 76 valence electrons. The molecular weight excluding hydrogens is 188 g/mol. The molecule has 1 saturated carbocycles. The van der Waals surface area contributed by atoms with Crippen molar-refractivity contribution >= 4 is 5.69 Å². The van der Waals surface area contributed by atoms with Crippen molar-refractivity contribution in [1.82, 2.24) is 0 Å². The Bertz CT molecular complexity index is 375. The van der Waals surface area contributed by atoms with Crippen LogP contribution in [0.4, 0.5) is 14.5 Å². The first-order valence-corrected chi connectivity index (χ1v) is 4.44. The molecule has 2 N–H and O–H groups in total. The van der Waals surface area contributed by atoms with Gasteiger partial charge < -0.3 is 10.5 Å². The molecule has 1 aromatic rings. The molecule has 0 saturated heterocycles. The van der Waals surface area contributed by atoms with Gasteiger partial charge in [0.25, 0.3) is 0 Å². The fourth-order valence-electron chi connectivity index (χ4n) is 1.17. The number of anilines is 1. The zero-order valence-corrected chi connectivity index (χ0v) is 7.81. The Morgan fingerprint density at radius 1 is 1.29 bits per heavy atom. The maximum Gasteiger partial charge on any atom is 0.202 e. The predicted octanol–water partition coefficient (Wildman–Crippen LogP) is 2.48. The van der Waals surface area contributed by atoms with Crippen molar-refractivity contribution in [3.63, 3.8) is 0 Å². The van der Waals surface area contributed by atoms with Gasteiger partial charge in [-0.15, -0.1) is 0 Å². The summed E-state index contributed by atoms with van der Waals surface area (Å²) in [6.45, 7) is 1.86. The molecule has 0 aromatic heterocycles. The monoisotopic (exact) mass is 199 g/mol. The highest BCUT2D eigenvalue weighted by molar-refractivity contribution is 5.45. The second kappa shape index (κ2) is 2.83. The van der Waals surface area contributed by atoms with Crippen LogP contribution >= 0.6 is 0 Å². The van der Waals surface area contributed by atoms with E-state index in [0.717, 1.165) is 12.8 Å². The van der Waals surface area contributed by atoms with Crippen molar-refractivity contribution in [3.8, 4) is 5.75 Å². The lowest BCUT2D eigenvalue weighted by molar-refractivity contribution is 0.189. The van der Waals surface area contributed by atoms with E-state index in [-0.39, 0.29) is 17.0 Å². The lowest BCUT2D eigenvalue weighted by atomic mass is 10.2. The number of ether oxygens (including phenoxy) is 1. The topological polar surface area (TPSA) is 35.2 Å². The Labute approximate surface area is 80.7 Å². The summed E-state index contributed by atoms with van der Waals surface area (Å²) in [6, 6.07) is 2.66. The van der Waals surface area contributed by atoms with E-state index < -0.39 is 11.6 Å². The van der Waals surface area contributed by atoms with Crippen LogP contribution in [0.15, 0.2) is 12.1 Å². The van der Waals surface area contributed by atoms with Crippen LogP contribution in [0, 0.1) is 11.6 Å². The number of nitrogens with two attached hydrogens (primary N) is 1. The van der Waals surface area contributed by atoms with Gasteiger partial charge in [-0.3, -0.25) is 0 Å². The Balaban J connectivity index is 2.30. The molecule has 0 unspecified atom stereocenters. The van der Waals surface area contributed by atoms with E-state index >= 15 is 0 Å². The molecule has 0 atom stereocenters. The van der Waals surface area contributed by atoms with Crippen LogP contribution in [0.5, 0.6) is 5.75 Å². The van der Waals surface area contributed by atoms with Crippen LogP contribution in [-0.4, -0.2) is 5.60 Å². The number of nitrogen functional groups attached to an aromatic ring is 1. The fraction of sp³-hybridized carbons (Fsp3) is 0.400. The minimum Gasteiger partial charge on any atom is -0.484 e. The predicted molar refractivity (Wildman–Crippen MR) is 49.0 cm³/mol. The van der Waals surface area contributed by atoms with Crippen molar-refractivity contribution < 1.29 is 13.5 Å². The average molecular weight is 199 g/mol. The lowest BCUT2D eigenvalue weighted by Crippen LogP contribution is -2.13. The van der Waals surface area contributed by atoms with Gasteiger partial charge in [0.05, 0.1) is 5.69 Å². The highest BCUT2D eigenvalue weighted by Crippen LogP contribution is 2.40. The van der Waals surface area contributed by atoms with Gasteiger partial charge in [0, 0.05) is 0 Å². The lowest BCUT2D eigenvalue weighted by Gasteiger charge is -2.13. The number of rotatable bonds is 2. The summed E-state index contributed by atoms with van der Waals surface area (Å²) < 4.78 is 31.6. The molecule has 0 heterocycles. The molecule has 4 heteroatoms. The van der Waals surface area contributed by atoms with Crippen LogP contribution in [-0.2, 0) is 0 Å². The van der Waals surface area contributed by atoms with Gasteiger partial charge >= 0.3 is 0 Å². The summed E-state index contributed by atoms with van der Waals surface area (Å²) in [5, 5.41) is 0. The Morgan fingerprint density at radius 3 is 2.50 bits per heavy atom. The van der Waals surface area contributed by atoms with Gasteiger partial charge in [-0.2, -0.15) is 4.39 Å². The largest absolute Gasteiger partial charge is 0.484 e. The summed E-state index contributed by atoms with van der Waals surface area (Å²) in [6.07, 6.45) is 1.75. The second-order valence-electron chi connectivity index (χ2n) is 3.83. The van der Waals surface area contributed by atoms with Crippen molar-refractivity contribution in [3.05, 3.63) is 23.8 Å². The van der Waals surface area contributed by atoms with E-state index in [4.69, 9.17) is 10.5 Å². The van der Waals surface area contributed by atoms with E-state index in [1.807, 2.05) is 6.92 Å². The van der Waals surface area contributed by atoms with E-state index in [1.54, 1.807) is 0 Å². The molecule has 0 radical (unpaired) electrons. The van der Waals surface area contributed by atoms with E-state index in [0.29, 0.717) is 0 Å². The summed E-state index contributed by atoms with van der Waals surface area (Å²) >= 11 is 0. The summed E-state index contributed by atoms with van der Waals surface area (Å²) in [5.74, 6) is -2.10. The highest BCUT2D eigenvalue weighted by atomic mass is 19.2. The van der Waals surface area contributed by atoms with Crippen LogP contribution in [0.1, 0.15) is 19.8 Å². The quantitative estimate of drug-likeness (QED) is 0.742. The first kappa shape index (κ1) is 9.24. The van der Waals surface area contributed by atoms with E-state index in [2.05, 4.69) is 0 Å². The van der Waals surface area contributed by atoms with Gasteiger partial charge in [0.15, 0.2) is 11.6 Å². The van der Waals surface area contributed by atoms with Crippen LogP contribution in [0.2, 0.25) is 0 Å². The Morgan fingerprint density at radius 2 is 1.93 bits per heavy atom. The SMILES string of the molecule is CC1(Oc2ccc(N)c(F)c2F)CC1. The molecule has 1 aliphatic carbocycles. The molecule has 14 heavy (non-hydrogen) atoms. The van der Waals surface area contributed by atoms with Gasteiger partial charge in [-0.1, -0.05) is 0 Å². The summed E-state index contributed by atoms with van der Waals surface area (Å²) in [5.41, 5.74) is 4.68. The Hall–Kier alpha value is -1.32. The number of benzene rings is 1. The van der Waals surface area contributed by atoms with Gasteiger partial charge in [0.2, 0.25) is 5.82 Å². The molecule has 1 fully saturated rings. The molecule has 1 aliphatic rings. The van der Waals surface area contributed by atoms with Crippen molar-refractivity contribution in [2.45, 2.75) is 25.4 Å². The van der Waals surface area contributed by atoms with Crippen LogP contribution in [0.25, 0.3) is 0 Å². The molecule has 0 aliphatic heterocycles. The normalized spacial score (nSPS) is 17.9. The molecule has 1 aromatic carbocycles. The van der Waals surface area contributed by atoms with Gasteiger partial charge in [0.1, 0.15) is 5.60 Å². The standard InChI is InChI=1S/C10H11F2NO/c1-10(4-5-10)14-7-3-2-6(13)8(11)9(7)12/h2-3H,4-5,13H2,1H3. The maximum absolute atomic E-state index is 13.2. The van der Waals surface area contributed by atoms with E-state index in [1.165, 1.54) is 12.1 Å². The first-order valence-electron chi connectivity index (χ1n) is 4.44. The third kappa shape index (κ3) is 1.52. The minimum absolute atomic E-state index is 0.0586. The number of hydrogen-bond acceptors (Lipinski definition) is 2. The van der Waals surface area contributed by atoms with Gasteiger partial charge in [-0.25, -0.2) is 4.39 Å². The third-order valence-electron chi connectivity index (χ3n) is 2.39. The van der Waals surface area contributed by atoms with Crippen molar-refractivity contribution in [2.75, 3.05) is 5.73 Å². The zero-order valence-electron chi connectivity index (χ0n) is 7.81. The number of halogens is 2. The average Bonchev–Trinajstić information content (AvgIpc) is 2.86. The number of hydrogen-bond donors (Lipinski definition) is 1. The summed E-state index contributed by atoms with van der Waals surface area (Å²) in [7, 11) is 0. The molecule has 0 amide bonds. The van der Waals surface area contributed by atoms with Crippen molar-refractivity contribution in [2.24, 2.45) is 0 Å². The van der Waals surface area contributed by atoms with Crippen LogP contribution in [0.3, 0.4) is 0 Å². The highest BCUT2D eigenvalue weighted by Gasteiger charge is 2.40. The van der Waals surface area contributed by atoms with Crippen LogP contribution < -0.4 is 10.5 Å². The van der Waals surface area contributed by atoms with Crippen molar-refractivity contribution in [1.29, 1.82) is 0 Å². The fourth-order valence-corrected chi connectivity index (χ4v) is 1.17. The third-order valence-corrected chi connectivity index (χ3v) is 2.39. The van der Waals surface area contributed by atoms with Gasteiger partial charge in [-0.05, 0) is 31.9 Å². The Kier molecular flexibility index (Phi) is 1.87. The molecule has 0 bridgehead atoms. The van der Waals surface area contributed by atoms with E-state index in [9.17, 15) is 8.78 Å². The minimum atomic E-state index is -1.04. The smallest absolute Gasteiger partial charge is 0.202 e. The molecule has 2 rings (SSSR count).